The molecule has 1 atom stereocenters. The van der Waals surface area contributed by atoms with E-state index in [4.69, 9.17) is 14.2 Å². The third-order valence-electron chi connectivity index (χ3n) is 6.26. The van der Waals surface area contributed by atoms with E-state index in [1.807, 2.05) is 30.3 Å². The fourth-order valence-electron chi connectivity index (χ4n) is 4.76. The van der Waals surface area contributed by atoms with Gasteiger partial charge in [0.15, 0.2) is 11.5 Å². The van der Waals surface area contributed by atoms with Gasteiger partial charge < -0.3 is 24.1 Å². The molecule has 3 aromatic carbocycles. The molecule has 0 bridgehead atoms. The number of hydrogen-bond donors (Lipinski definition) is 1. The van der Waals surface area contributed by atoms with Crippen LogP contribution in [0, 0.1) is 0 Å². The third-order valence-corrected chi connectivity index (χ3v) is 6.26. The molecule has 1 aliphatic heterocycles. The Morgan fingerprint density at radius 3 is 2.33 bits per heavy atom. The number of hydrogen-bond acceptors (Lipinski definition) is 4. The summed E-state index contributed by atoms with van der Waals surface area (Å²) in [4.78, 5) is 12.9. The molecule has 0 radical (unpaired) electrons. The molecule has 1 N–H and O–H groups in total. The van der Waals surface area contributed by atoms with Gasteiger partial charge in [-0.05, 0) is 41.0 Å². The lowest BCUT2D eigenvalue weighted by Gasteiger charge is -2.19. The van der Waals surface area contributed by atoms with E-state index < -0.39 is 0 Å². The molecule has 2 heterocycles. The molecule has 6 nitrogen and oxygen atoms in total. The first-order valence-corrected chi connectivity index (χ1v) is 10.9. The molecule has 1 amide bonds. The van der Waals surface area contributed by atoms with Gasteiger partial charge in [0, 0.05) is 30.5 Å². The average molecular weight is 443 g/mol. The molecule has 5 rings (SSSR count). The van der Waals surface area contributed by atoms with Crippen molar-refractivity contribution in [2.45, 2.75) is 18.9 Å². The van der Waals surface area contributed by atoms with Gasteiger partial charge in [-0.15, -0.1) is 0 Å². The van der Waals surface area contributed by atoms with Crippen molar-refractivity contribution in [1.29, 1.82) is 0 Å². The summed E-state index contributed by atoms with van der Waals surface area (Å²) in [6.07, 6.45) is 2.49. The molecular formula is C27H26N2O4. The van der Waals surface area contributed by atoms with Gasteiger partial charge in [-0.3, -0.25) is 4.79 Å². The number of rotatable bonds is 6. The van der Waals surface area contributed by atoms with Gasteiger partial charge in [-0.25, -0.2) is 0 Å². The number of methoxy groups -OCH3 is 3. The van der Waals surface area contributed by atoms with Crippen LogP contribution in [-0.4, -0.2) is 31.8 Å². The van der Waals surface area contributed by atoms with Crippen molar-refractivity contribution in [2.75, 3.05) is 26.6 Å². The summed E-state index contributed by atoms with van der Waals surface area (Å²) in [5.41, 5.74) is 5.19. The van der Waals surface area contributed by atoms with Gasteiger partial charge in [0.05, 0.1) is 32.5 Å². The van der Waals surface area contributed by atoms with Crippen LogP contribution in [0.4, 0.5) is 5.69 Å². The van der Waals surface area contributed by atoms with E-state index in [-0.39, 0.29) is 11.8 Å². The molecule has 33 heavy (non-hydrogen) atoms. The number of nitrogens with one attached hydrogen (secondary N) is 1. The standard InChI is InChI=1S/C27H26N2O4/c1-31-23-12-18(13-24(32-2)27(23)33-3)19-14-25(30)28-21-10-7-11-22-26(21)20(19)16-29(22)15-17-8-5-4-6-9-17/h4-13,16,19H,14-15H2,1-3H3,(H,28,30)/t19-/m0/s1. The van der Waals surface area contributed by atoms with E-state index in [1.54, 1.807) is 21.3 Å². The van der Waals surface area contributed by atoms with Crippen molar-refractivity contribution in [3.8, 4) is 17.2 Å². The molecule has 4 aromatic rings. The largest absolute Gasteiger partial charge is 0.493 e. The van der Waals surface area contributed by atoms with Gasteiger partial charge in [-0.2, -0.15) is 0 Å². The van der Waals surface area contributed by atoms with Crippen LogP contribution in [0.2, 0.25) is 0 Å². The van der Waals surface area contributed by atoms with E-state index in [0.717, 1.165) is 34.3 Å². The zero-order chi connectivity index (χ0) is 22.9. The molecule has 0 fully saturated rings. The summed E-state index contributed by atoms with van der Waals surface area (Å²) in [7, 11) is 4.79. The van der Waals surface area contributed by atoms with Gasteiger partial charge in [0.1, 0.15) is 0 Å². The molecule has 168 valence electrons. The maximum absolute atomic E-state index is 12.9. The van der Waals surface area contributed by atoms with Crippen molar-refractivity contribution in [2.24, 2.45) is 0 Å². The molecule has 1 aromatic heterocycles. The fraction of sp³-hybridized carbons (Fsp3) is 0.222. The Balaban J connectivity index is 1.70. The number of amides is 1. The van der Waals surface area contributed by atoms with Crippen LogP contribution in [0.25, 0.3) is 10.9 Å². The van der Waals surface area contributed by atoms with Crippen LogP contribution in [0.15, 0.2) is 66.9 Å². The highest BCUT2D eigenvalue weighted by molar-refractivity contribution is 6.06. The highest BCUT2D eigenvalue weighted by Crippen LogP contribution is 2.45. The van der Waals surface area contributed by atoms with Gasteiger partial charge in [0.2, 0.25) is 11.7 Å². The fourth-order valence-corrected chi connectivity index (χ4v) is 4.76. The predicted molar refractivity (Wildman–Crippen MR) is 129 cm³/mol. The quantitative estimate of drug-likeness (QED) is 0.446. The zero-order valence-electron chi connectivity index (χ0n) is 18.9. The summed E-state index contributed by atoms with van der Waals surface area (Å²) >= 11 is 0. The normalized spacial score (nSPS) is 15.1. The molecule has 0 aliphatic carbocycles. The van der Waals surface area contributed by atoms with E-state index in [0.29, 0.717) is 23.7 Å². The lowest BCUT2D eigenvalue weighted by atomic mass is 9.88. The second kappa shape index (κ2) is 8.54. The molecule has 0 spiro atoms. The van der Waals surface area contributed by atoms with Crippen LogP contribution in [0.3, 0.4) is 0 Å². The Bertz CT molecular complexity index is 1300. The summed E-state index contributed by atoms with van der Waals surface area (Å²) in [6.45, 7) is 0.747. The highest BCUT2D eigenvalue weighted by atomic mass is 16.5. The van der Waals surface area contributed by atoms with Crippen LogP contribution in [-0.2, 0) is 11.3 Å². The lowest BCUT2D eigenvalue weighted by molar-refractivity contribution is -0.116. The van der Waals surface area contributed by atoms with Crippen LogP contribution in [0.5, 0.6) is 17.2 Å². The molecule has 6 heteroatoms. The first kappa shape index (κ1) is 20.9. The number of benzene rings is 3. The maximum atomic E-state index is 12.9. The number of aromatic nitrogens is 1. The summed E-state index contributed by atoms with van der Waals surface area (Å²) in [5, 5.41) is 4.17. The molecule has 0 saturated carbocycles. The first-order valence-electron chi connectivity index (χ1n) is 10.9. The monoisotopic (exact) mass is 442 g/mol. The summed E-state index contributed by atoms with van der Waals surface area (Å²) < 4.78 is 18.9. The maximum Gasteiger partial charge on any atom is 0.225 e. The minimum absolute atomic E-state index is 0.0212. The van der Waals surface area contributed by atoms with E-state index in [9.17, 15) is 4.79 Å². The summed E-state index contributed by atoms with van der Waals surface area (Å²) in [5.74, 6) is 1.50. The number of anilines is 1. The second-order valence-electron chi connectivity index (χ2n) is 8.16. The zero-order valence-corrected chi connectivity index (χ0v) is 18.9. The van der Waals surface area contributed by atoms with Crippen molar-refractivity contribution >= 4 is 22.5 Å². The van der Waals surface area contributed by atoms with Gasteiger partial charge in [0.25, 0.3) is 0 Å². The summed E-state index contributed by atoms with van der Waals surface area (Å²) in [6, 6.07) is 20.3. The Labute approximate surface area is 192 Å². The van der Waals surface area contributed by atoms with Crippen LogP contribution in [0.1, 0.15) is 29.0 Å². The van der Waals surface area contributed by atoms with Crippen molar-refractivity contribution in [3.63, 3.8) is 0 Å². The number of carbonyl (C=O) groups is 1. The van der Waals surface area contributed by atoms with Crippen LogP contribution < -0.4 is 19.5 Å². The number of nitrogens with zero attached hydrogens (tertiary/aromatic N) is 1. The minimum atomic E-state index is -0.165. The lowest BCUT2D eigenvalue weighted by Crippen LogP contribution is -2.14. The molecular weight excluding hydrogens is 416 g/mol. The Morgan fingerprint density at radius 1 is 0.939 bits per heavy atom. The minimum Gasteiger partial charge on any atom is -0.493 e. The number of carbonyl (C=O) groups excluding carboxylic acids is 1. The molecule has 1 aliphatic rings. The third kappa shape index (κ3) is 3.67. The predicted octanol–water partition coefficient (Wildman–Crippen LogP) is 5.19. The van der Waals surface area contributed by atoms with Crippen molar-refractivity contribution in [3.05, 3.63) is 83.6 Å². The van der Waals surface area contributed by atoms with Gasteiger partial charge >= 0.3 is 0 Å². The highest BCUT2D eigenvalue weighted by Gasteiger charge is 2.29. The van der Waals surface area contributed by atoms with Crippen LogP contribution >= 0.6 is 0 Å². The first-order chi connectivity index (χ1) is 16.1. The van der Waals surface area contributed by atoms with E-state index in [2.05, 4.69) is 46.4 Å². The number of ether oxygens (including phenoxy) is 3. The van der Waals surface area contributed by atoms with Gasteiger partial charge in [-0.1, -0.05) is 36.4 Å². The second-order valence-corrected chi connectivity index (χ2v) is 8.16. The van der Waals surface area contributed by atoms with E-state index >= 15 is 0 Å². The Hall–Kier alpha value is -3.93. The Morgan fingerprint density at radius 2 is 1.67 bits per heavy atom. The topological polar surface area (TPSA) is 61.7 Å². The van der Waals surface area contributed by atoms with Crippen molar-refractivity contribution < 1.29 is 19.0 Å². The van der Waals surface area contributed by atoms with Crippen molar-refractivity contribution in [1.82, 2.24) is 4.57 Å². The smallest absolute Gasteiger partial charge is 0.225 e. The average Bonchev–Trinajstić information content (AvgIpc) is 3.13. The molecule has 0 saturated heterocycles. The SMILES string of the molecule is COc1cc([C@@H]2CC(=O)Nc3cccc4c3c2cn4Cc2ccccc2)cc(OC)c1OC. The molecule has 0 unspecified atom stereocenters. The van der Waals surface area contributed by atoms with E-state index in [1.165, 1.54) is 5.56 Å². The Kier molecular flexibility index (Phi) is 5.42.